The Morgan fingerprint density at radius 1 is 1.24 bits per heavy atom. The zero-order valence-corrected chi connectivity index (χ0v) is 12.5. The molecule has 0 radical (unpaired) electrons. The molecule has 0 aromatic carbocycles. The molecule has 8 nitrogen and oxygen atoms in total. The number of fused-ring (bicyclic) bond motifs is 1. The van der Waals surface area contributed by atoms with E-state index >= 15 is 0 Å². The molecule has 0 aliphatic carbocycles. The van der Waals surface area contributed by atoms with Gasteiger partial charge in [0, 0.05) is 13.6 Å². The smallest absolute Gasteiger partial charge is 0.303 e. The van der Waals surface area contributed by atoms with E-state index in [4.69, 9.17) is 5.84 Å². The van der Waals surface area contributed by atoms with E-state index in [2.05, 4.69) is 22.3 Å². The van der Waals surface area contributed by atoms with Gasteiger partial charge in [-0.1, -0.05) is 32.6 Å². The van der Waals surface area contributed by atoms with Crippen LogP contribution in [-0.4, -0.2) is 19.1 Å². The Balaban J connectivity index is 2.35. The number of aryl methyl sites for hydroxylation is 2. The number of aromatic nitrogens is 4. The summed E-state index contributed by atoms with van der Waals surface area (Å²) in [6, 6.07) is 0. The SMILES string of the molecule is CCCCCCCn1c(NN)nc2c1c(=O)[nH]c(=O)n2C. The number of hydrazine groups is 1. The van der Waals surface area contributed by atoms with Gasteiger partial charge >= 0.3 is 5.69 Å². The van der Waals surface area contributed by atoms with Crippen LogP contribution in [0.2, 0.25) is 0 Å². The monoisotopic (exact) mass is 294 g/mol. The van der Waals surface area contributed by atoms with Gasteiger partial charge in [-0.15, -0.1) is 0 Å². The molecule has 21 heavy (non-hydrogen) atoms. The first kappa shape index (κ1) is 15.3. The zero-order chi connectivity index (χ0) is 15.4. The molecule has 4 N–H and O–H groups in total. The van der Waals surface area contributed by atoms with Crippen molar-refractivity contribution in [3.05, 3.63) is 20.8 Å². The second-order valence-corrected chi connectivity index (χ2v) is 5.14. The van der Waals surface area contributed by atoms with Crippen LogP contribution < -0.4 is 22.5 Å². The third-order valence-electron chi connectivity index (χ3n) is 3.62. The van der Waals surface area contributed by atoms with Gasteiger partial charge in [-0.05, 0) is 6.42 Å². The lowest BCUT2D eigenvalue weighted by Crippen LogP contribution is -2.29. The van der Waals surface area contributed by atoms with Gasteiger partial charge in [-0.25, -0.2) is 10.6 Å². The number of nitrogens with two attached hydrogens (primary N) is 1. The molecule has 0 amide bonds. The first-order valence-electron chi connectivity index (χ1n) is 7.26. The van der Waals surface area contributed by atoms with Crippen LogP contribution in [0.4, 0.5) is 5.95 Å². The number of hydrogen-bond acceptors (Lipinski definition) is 5. The molecule has 0 atom stereocenters. The largest absolute Gasteiger partial charge is 0.329 e. The van der Waals surface area contributed by atoms with E-state index in [0.717, 1.165) is 12.8 Å². The second kappa shape index (κ2) is 6.57. The summed E-state index contributed by atoms with van der Waals surface area (Å²) in [5.74, 6) is 5.87. The molecular formula is C13H22N6O2. The normalized spacial score (nSPS) is 11.2. The molecule has 116 valence electrons. The number of H-pyrrole nitrogens is 1. The molecule has 2 aromatic rings. The summed E-state index contributed by atoms with van der Waals surface area (Å²) < 4.78 is 3.05. The minimum absolute atomic E-state index is 0.338. The minimum atomic E-state index is -0.483. The maximum Gasteiger partial charge on any atom is 0.329 e. The molecule has 0 saturated heterocycles. The number of rotatable bonds is 7. The Morgan fingerprint density at radius 3 is 2.62 bits per heavy atom. The summed E-state index contributed by atoms with van der Waals surface area (Å²) in [7, 11) is 1.57. The molecule has 2 aromatic heterocycles. The average molecular weight is 294 g/mol. The molecule has 0 saturated carbocycles. The van der Waals surface area contributed by atoms with Crippen LogP contribution in [0.1, 0.15) is 39.0 Å². The van der Waals surface area contributed by atoms with Crippen molar-refractivity contribution in [3.63, 3.8) is 0 Å². The third-order valence-corrected chi connectivity index (χ3v) is 3.62. The first-order chi connectivity index (χ1) is 10.1. The van der Waals surface area contributed by atoms with E-state index < -0.39 is 11.2 Å². The Morgan fingerprint density at radius 2 is 1.95 bits per heavy atom. The Kier molecular flexibility index (Phi) is 4.79. The lowest BCUT2D eigenvalue weighted by atomic mass is 10.1. The number of imidazole rings is 1. The van der Waals surface area contributed by atoms with Crippen LogP contribution >= 0.6 is 0 Å². The summed E-state index contributed by atoms with van der Waals surface area (Å²) in [6.45, 7) is 2.81. The summed E-state index contributed by atoms with van der Waals surface area (Å²) >= 11 is 0. The maximum absolute atomic E-state index is 12.0. The Hall–Kier alpha value is -2.09. The van der Waals surface area contributed by atoms with Gasteiger partial charge in [0.15, 0.2) is 11.2 Å². The first-order valence-corrected chi connectivity index (χ1v) is 7.26. The van der Waals surface area contributed by atoms with Crippen LogP contribution in [0.3, 0.4) is 0 Å². The van der Waals surface area contributed by atoms with Crippen molar-refractivity contribution < 1.29 is 0 Å². The van der Waals surface area contributed by atoms with Crippen molar-refractivity contribution in [2.75, 3.05) is 5.43 Å². The van der Waals surface area contributed by atoms with Gasteiger partial charge in [0.1, 0.15) is 0 Å². The highest BCUT2D eigenvalue weighted by Crippen LogP contribution is 2.16. The standard InChI is InChI=1S/C13H22N6O2/c1-3-4-5-6-7-8-19-9-10(15-12(19)17-14)18(2)13(21)16-11(9)20/h3-8,14H2,1-2H3,(H,15,17)(H,16,20,21). The molecule has 0 unspecified atom stereocenters. The summed E-state index contributed by atoms with van der Waals surface area (Å²) in [6.07, 6.45) is 5.58. The maximum atomic E-state index is 12.0. The molecule has 0 aliphatic rings. The number of nitrogens with zero attached hydrogens (tertiary/aromatic N) is 3. The summed E-state index contributed by atoms with van der Waals surface area (Å²) in [5.41, 5.74) is 2.29. The van der Waals surface area contributed by atoms with Crippen molar-refractivity contribution in [2.45, 2.75) is 45.6 Å². The van der Waals surface area contributed by atoms with Crippen molar-refractivity contribution >= 4 is 17.1 Å². The molecule has 0 spiro atoms. The topological polar surface area (TPSA) is 111 Å². The number of nitrogen functional groups attached to an aromatic ring is 1. The molecule has 2 heterocycles. The van der Waals surface area contributed by atoms with Crippen molar-refractivity contribution in [3.8, 4) is 0 Å². The van der Waals surface area contributed by atoms with Crippen LogP contribution in [0.15, 0.2) is 9.59 Å². The highest BCUT2D eigenvalue weighted by atomic mass is 16.2. The van der Waals surface area contributed by atoms with Crippen molar-refractivity contribution in [2.24, 2.45) is 12.9 Å². The fourth-order valence-electron chi connectivity index (χ4n) is 2.44. The summed E-state index contributed by atoms with van der Waals surface area (Å²) in [4.78, 5) is 30.2. The van der Waals surface area contributed by atoms with Gasteiger partial charge in [-0.2, -0.15) is 4.98 Å². The van der Waals surface area contributed by atoms with E-state index in [9.17, 15) is 9.59 Å². The average Bonchev–Trinajstić information content (AvgIpc) is 2.84. The Bertz CT molecular complexity index is 727. The van der Waals surface area contributed by atoms with Gasteiger partial charge in [0.2, 0.25) is 5.95 Å². The second-order valence-electron chi connectivity index (χ2n) is 5.14. The predicted octanol–water partition coefficient (Wildman–Crippen LogP) is 0.679. The quantitative estimate of drug-likeness (QED) is 0.395. The van der Waals surface area contributed by atoms with Crippen LogP contribution in [0.25, 0.3) is 11.2 Å². The fraction of sp³-hybridized carbons (Fsp3) is 0.615. The number of hydrogen-bond donors (Lipinski definition) is 3. The molecular weight excluding hydrogens is 272 g/mol. The van der Waals surface area contributed by atoms with E-state index in [1.807, 2.05) is 0 Å². The number of anilines is 1. The molecule has 0 bridgehead atoms. The van der Waals surface area contributed by atoms with Crippen LogP contribution in [-0.2, 0) is 13.6 Å². The highest BCUT2D eigenvalue weighted by Gasteiger charge is 2.16. The van der Waals surface area contributed by atoms with E-state index in [-0.39, 0.29) is 0 Å². The molecule has 8 heteroatoms. The lowest BCUT2D eigenvalue weighted by molar-refractivity contribution is 0.577. The van der Waals surface area contributed by atoms with Gasteiger partial charge in [-0.3, -0.25) is 19.8 Å². The number of nitrogens with one attached hydrogen (secondary N) is 2. The third kappa shape index (κ3) is 2.99. The number of unbranched alkanes of at least 4 members (excludes halogenated alkanes) is 4. The van der Waals surface area contributed by atoms with E-state index in [1.165, 1.54) is 23.8 Å². The Labute approximate surface area is 122 Å². The van der Waals surface area contributed by atoms with Gasteiger partial charge in [0.05, 0.1) is 0 Å². The summed E-state index contributed by atoms with van der Waals surface area (Å²) in [5, 5.41) is 0. The predicted molar refractivity (Wildman–Crippen MR) is 82.2 cm³/mol. The van der Waals surface area contributed by atoms with Crippen LogP contribution in [0, 0.1) is 0 Å². The molecule has 2 rings (SSSR count). The lowest BCUT2D eigenvalue weighted by Gasteiger charge is -2.07. The molecule has 0 fully saturated rings. The fourth-order valence-corrected chi connectivity index (χ4v) is 2.44. The van der Waals surface area contributed by atoms with Crippen molar-refractivity contribution in [1.29, 1.82) is 0 Å². The van der Waals surface area contributed by atoms with Crippen molar-refractivity contribution in [1.82, 2.24) is 19.1 Å². The minimum Gasteiger partial charge on any atom is -0.303 e. The zero-order valence-electron chi connectivity index (χ0n) is 12.5. The van der Waals surface area contributed by atoms with Gasteiger partial charge < -0.3 is 4.57 Å². The highest BCUT2D eigenvalue weighted by molar-refractivity contribution is 5.73. The van der Waals surface area contributed by atoms with E-state index in [0.29, 0.717) is 23.7 Å². The van der Waals surface area contributed by atoms with E-state index in [1.54, 1.807) is 11.6 Å². The number of aromatic amines is 1. The van der Waals surface area contributed by atoms with Gasteiger partial charge in [0.25, 0.3) is 5.56 Å². The van der Waals surface area contributed by atoms with Crippen LogP contribution in [0.5, 0.6) is 0 Å². The molecule has 0 aliphatic heterocycles.